The fourth-order valence-electron chi connectivity index (χ4n) is 4.39. The number of hydrogen-bond donors (Lipinski definition) is 0. The number of esters is 3. The number of carbonyl (C=O) groups excluding carboxylic acids is 3. The van der Waals surface area contributed by atoms with Crippen LogP contribution >= 0.6 is 0 Å². The summed E-state index contributed by atoms with van der Waals surface area (Å²) in [7, 11) is 4.29. The zero-order valence-electron chi connectivity index (χ0n) is 22.3. The summed E-state index contributed by atoms with van der Waals surface area (Å²) in [6, 6.07) is 7.91. The van der Waals surface area contributed by atoms with E-state index in [0.29, 0.717) is 17.1 Å². The largest absolute Gasteiger partial charge is 0.493 e. The predicted octanol–water partition coefficient (Wildman–Crippen LogP) is 3.25. The highest BCUT2D eigenvalue weighted by molar-refractivity contribution is 6.19. The molecule has 38 heavy (non-hydrogen) atoms. The molecule has 3 rings (SSSR count). The van der Waals surface area contributed by atoms with E-state index >= 15 is 0 Å². The molecule has 0 unspecified atom stereocenters. The third-order valence-electron chi connectivity index (χ3n) is 5.98. The molecule has 1 heterocycles. The summed E-state index contributed by atoms with van der Waals surface area (Å²) in [6.07, 6.45) is 0. The minimum absolute atomic E-state index is 0.00753. The van der Waals surface area contributed by atoms with Crippen molar-refractivity contribution in [2.75, 3.05) is 47.9 Å². The maximum Gasteiger partial charge on any atom is 0.336 e. The molecule has 2 aromatic rings. The van der Waals surface area contributed by atoms with Gasteiger partial charge in [-0.05, 0) is 56.2 Å². The monoisotopic (exact) mass is 532 g/mol. The lowest BCUT2D eigenvalue weighted by molar-refractivity contribution is -0.185. The van der Waals surface area contributed by atoms with Crippen LogP contribution < -0.4 is 23.7 Å². The van der Waals surface area contributed by atoms with Crippen molar-refractivity contribution in [3.63, 3.8) is 0 Å². The van der Waals surface area contributed by atoms with E-state index in [-0.39, 0.29) is 49.4 Å². The van der Waals surface area contributed by atoms with E-state index in [1.807, 2.05) is 0 Å². The zero-order chi connectivity index (χ0) is 27.9. The summed E-state index contributed by atoms with van der Waals surface area (Å²) in [5.41, 5.74) is -1.97. The molecule has 0 saturated carbocycles. The van der Waals surface area contributed by atoms with Crippen LogP contribution in [0.1, 0.15) is 37.8 Å². The summed E-state index contributed by atoms with van der Waals surface area (Å²) in [6.45, 7) is 4.36. The summed E-state index contributed by atoms with van der Waals surface area (Å²) in [5, 5.41) is 0. The molecule has 2 aromatic carbocycles. The number of rotatable bonds is 12. The van der Waals surface area contributed by atoms with Crippen LogP contribution in [-0.4, -0.2) is 65.9 Å². The average Bonchev–Trinajstić information content (AvgIpc) is 3.39. The Morgan fingerprint density at radius 1 is 0.737 bits per heavy atom. The Balaban J connectivity index is 2.47. The van der Waals surface area contributed by atoms with Crippen LogP contribution in [0.4, 0.5) is 0 Å². The molecule has 206 valence electrons. The number of methoxy groups -OCH3 is 3. The molecule has 11 heteroatoms. The van der Waals surface area contributed by atoms with Crippen molar-refractivity contribution < 1.29 is 52.3 Å². The molecular weight excluding hydrogens is 500 g/mol. The van der Waals surface area contributed by atoms with Gasteiger partial charge >= 0.3 is 17.9 Å². The van der Waals surface area contributed by atoms with Crippen LogP contribution in [0.25, 0.3) is 0 Å². The van der Waals surface area contributed by atoms with Crippen molar-refractivity contribution in [3.05, 3.63) is 41.5 Å². The molecule has 11 nitrogen and oxygen atoms in total. The van der Waals surface area contributed by atoms with Gasteiger partial charge in [0.15, 0.2) is 23.0 Å². The highest BCUT2D eigenvalue weighted by Gasteiger charge is 2.64. The van der Waals surface area contributed by atoms with Crippen LogP contribution in [-0.2, 0) is 28.6 Å². The molecule has 1 aliphatic rings. The first-order chi connectivity index (χ1) is 18.3. The maximum atomic E-state index is 13.8. The molecule has 1 atom stereocenters. The second kappa shape index (κ2) is 12.4. The first kappa shape index (κ1) is 28.4. The second-order valence-corrected chi connectivity index (χ2v) is 7.97. The smallest absolute Gasteiger partial charge is 0.336 e. The summed E-state index contributed by atoms with van der Waals surface area (Å²) in [4.78, 5) is 41.4. The first-order valence-electron chi connectivity index (χ1n) is 12.0. The van der Waals surface area contributed by atoms with Gasteiger partial charge in [-0.1, -0.05) is 6.07 Å². The third-order valence-corrected chi connectivity index (χ3v) is 5.98. The van der Waals surface area contributed by atoms with E-state index in [2.05, 4.69) is 0 Å². The number of fused-ring (bicyclic) bond motifs is 1. The van der Waals surface area contributed by atoms with E-state index in [1.165, 1.54) is 21.3 Å². The molecule has 0 N–H and O–H groups in total. The first-order valence-corrected chi connectivity index (χ1v) is 12.0. The minimum Gasteiger partial charge on any atom is -0.493 e. The normalized spacial score (nSPS) is 12.8. The molecule has 0 fully saturated rings. The molecule has 0 aliphatic carbocycles. The molecule has 1 aliphatic heterocycles. The fourth-order valence-corrected chi connectivity index (χ4v) is 4.39. The molecule has 0 bridgehead atoms. The zero-order valence-corrected chi connectivity index (χ0v) is 22.3. The Labute approximate surface area is 220 Å². The number of benzene rings is 2. The maximum absolute atomic E-state index is 13.8. The quantitative estimate of drug-likeness (QED) is 0.227. The molecule has 0 aromatic heterocycles. The van der Waals surface area contributed by atoms with Crippen molar-refractivity contribution in [1.82, 2.24) is 0 Å². The summed E-state index contributed by atoms with van der Waals surface area (Å²) in [5.74, 6) is -3.15. The van der Waals surface area contributed by atoms with Gasteiger partial charge in [-0.3, -0.25) is 14.4 Å². The second-order valence-electron chi connectivity index (χ2n) is 7.97. The van der Waals surface area contributed by atoms with Gasteiger partial charge in [0.05, 0.1) is 41.2 Å². The Bertz CT molecular complexity index is 1100. The van der Waals surface area contributed by atoms with Gasteiger partial charge in [0.1, 0.15) is 0 Å². The molecule has 0 spiro atoms. The minimum atomic E-state index is -2.60. The van der Waals surface area contributed by atoms with Crippen molar-refractivity contribution in [3.8, 4) is 28.7 Å². The van der Waals surface area contributed by atoms with Gasteiger partial charge in [0.25, 0.3) is 5.41 Å². The topological polar surface area (TPSA) is 125 Å². The Hall–Kier alpha value is -4.15. The molecule has 0 amide bonds. The Morgan fingerprint density at radius 2 is 1.24 bits per heavy atom. The molecular formula is C27H32O11. The van der Waals surface area contributed by atoms with E-state index in [0.717, 1.165) is 0 Å². The van der Waals surface area contributed by atoms with Gasteiger partial charge in [-0.25, -0.2) is 0 Å². The van der Waals surface area contributed by atoms with Gasteiger partial charge in [0.2, 0.25) is 12.5 Å². The lowest BCUT2D eigenvalue weighted by Crippen LogP contribution is -2.54. The van der Waals surface area contributed by atoms with Gasteiger partial charge < -0.3 is 37.9 Å². The standard InChI is InChI=1S/C27H32O11/c1-7-34-24(28)27(25(29)35-8-2,26(30)36-9-3)22(16-10-11-18-19(12-16)38-15-37-18)17-13-20(31-4)23(33-6)21(14-17)32-5/h10-14,22H,7-9,15H2,1-6H3/t22-/m0/s1. The predicted molar refractivity (Wildman–Crippen MR) is 133 cm³/mol. The number of hydrogen-bond acceptors (Lipinski definition) is 11. The number of ether oxygens (including phenoxy) is 8. The van der Waals surface area contributed by atoms with Crippen molar-refractivity contribution >= 4 is 17.9 Å². The van der Waals surface area contributed by atoms with E-state index < -0.39 is 29.2 Å². The average molecular weight is 533 g/mol. The SMILES string of the molecule is CCOC(=O)C(C(=O)OCC)(C(=O)OCC)[C@@H](c1ccc2c(c1)OCO2)c1cc(OC)c(OC)c(OC)c1. The van der Waals surface area contributed by atoms with Crippen LogP contribution in [0.15, 0.2) is 30.3 Å². The van der Waals surface area contributed by atoms with Crippen molar-refractivity contribution in [1.29, 1.82) is 0 Å². The van der Waals surface area contributed by atoms with Gasteiger partial charge in [-0.2, -0.15) is 0 Å². The van der Waals surface area contributed by atoms with Crippen molar-refractivity contribution in [2.24, 2.45) is 5.41 Å². The van der Waals surface area contributed by atoms with E-state index in [1.54, 1.807) is 51.1 Å². The van der Waals surface area contributed by atoms with Crippen LogP contribution in [0, 0.1) is 5.41 Å². The Kier molecular flexibility index (Phi) is 9.27. The van der Waals surface area contributed by atoms with Crippen LogP contribution in [0.5, 0.6) is 28.7 Å². The van der Waals surface area contributed by atoms with Gasteiger partial charge in [-0.15, -0.1) is 0 Å². The third kappa shape index (κ3) is 5.00. The Morgan fingerprint density at radius 3 is 1.68 bits per heavy atom. The van der Waals surface area contributed by atoms with Crippen LogP contribution in [0.3, 0.4) is 0 Å². The number of carbonyl (C=O) groups is 3. The summed E-state index contributed by atoms with van der Waals surface area (Å²) >= 11 is 0. The lowest BCUT2D eigenvalue weighted by Gasteiger charge is -2.35. The lowest BCUT2D eigenvalue weighted by atomic mass is 9.68. The van der Waals surface area contributed by atoms with Crippen LogP contribution in [0.2, 0.25) is 0 Å². The van der Waals surface area contributed by atoms with E-state index in [4.69, 9.17) is 37.9 Å². The van der Waals surface area contributed by atoms with Gasteiger partial charge in [0, 0.05) is 5.92 Å². The van der Waals surface area contributed by atoms with E-state index in [9.17, 15) is 14.4 Å². The summed E-state index contributed by atoms with van der Waals surface area (Å²) < 4.78 is 43.5. The highest BCUT2D eigenvalue weighted by atomic mass is 16.7. The fraction of sp³-hybridized carbons (Fsp3) is 0.444. The molecule has 0 saturated heterocycles. The molecule has 0 radical (unpaired) electrons. The highest BCUT2D eigenvalue weighted by Crippen LogP contribution is 2.50. The van der Waals surface area contributed by atoms with Crippen molar-refractivity contribution in [2.45, 2.75) is 26.7 Å².